The average molecular weight is 479 g/mol. The minimum atomic E-state index is -5.08. The number of piperazine rings is 1. The number of carbonyl (C=O) groups is 1. The normalized spacial score (nSPS) is 16.6. The Morgan fingerprint density at radius 3 is 2.41 bits per heavy atom. The molecule has 0 bridgehead atoms. The minimum absolute atomic E-state index is 0.281. The topological polar surface area (TPSA) is 83.3 Å². The molecule has 0 saturated carbocycles. The van der Waals surface area contributed by atoms with Gasteiger partial charge in [-0.05, 0) is 35.2 Å². The number of halogens is 4. The van der Waals surface area contributed by atoms with Crippen LogP contribution in [0, 0.1) is 5.82 Å². The lowest BCUT2D eigenvalue weighted by molar-refractivity contribution is -0.192. The lowest BCUT2D eigenvalue weighted by Crippen LogP contribution is -2.45. The van der Waals surface area contributed by atoms with Gasteiger partial charge in [-0.15, -0.1) is 0 Å². The van der Waals surface area contributed by atoms with Gasteiger partial charge in [0.15, 0.2) is 0 Å². The number of nitrogens with one attached hydrogen (secondary N) is 1. The summed E-state index contributed by atoms with van der Waals surface area (Å²) in [6.07, 6.45) is -1.13. The second-order valence-corrected chi connectivity index (χ2v) is 7.71. The van der Waals surface area contributed by atoms with Crippen molar-refractivity contribution in [1.29, 1.82) is 0 Å². The summed E-state index contributed by atoms with van der Waals surface area (Å²) in [5.74, 6) is -3.04. The lowest BCUT2D eigenvalue weighted by atomic mass is 10.00. The van der Waals surface area contributed by atoms with E-state index in [2.05, 4.69) is 51.5 Å². The van der Waals surface area contributed by atoms with Crippen molar-refractivity contribution in [3.05, 3.63) is 77.6 Å². The highest BCUT2D eigenvalue weighted by Gasteiger charge is 2.38. The van der Waals surface area contributed by atoms with Crippen LogP contribution in [-0.4, -0.2) is 56.6 Å². The zero-order valence-corrected chi connectivity index (χ0v) is 18.5. The van der Waals surface area contributed by atoms with Crippen molar-refractivity contribution in [2.24, 2.45) is 0 Å². The van der Waals surface area contributed by atoms with E-state index in [1.54, 1.807) is 12.1 Å². The minimum Gasteiger partial charge on any atom is -0.475 e. The Morgan fingerprint density at radius 2 is 1.85 bits per heavy atom. The van der Waals surface area contributed by atoms with Gasteiger partial charge in [-0.25, -0.2) is 18.9 Å². The van der Waals surface area contributed by atoms with Crippen molar-refractivity contribution in [1.82, 2.24) is 25.0 Å². The number of rotatable bonds is 5. The summed E-state index contributed by atoms with van der Waals surface area (Å²) in [4.78, 5) is 15.2. The first-order chi connectivity index (χ1) is 16.2. The Hall–Kier alpha value is -3.31. The quantitative estimate of drug-likeness (QED) is 0.543. The number of carboxylic acids is 1. The third kappa shape index (κ3) is 6.61. The molecular weight excluding hydrogens is 454 g/mol. The predicted molar refractivity (Wildman–Crippen MR) is 117 cm³/mol. The number of hydrogen-bond acceptors (Lipinski definition) is 5. The highest BCUT2D eigenvalue weighted by atomic mass is 19.4. The molecule has 0 aliphatic carbocycles. The average Bonchev–Trinajstić information content (AvgIpc) is 3.34. The smallest absolute Gasteiger partial charge is 0.475 e. The first-order valence-corrected chi connectivity index (χ1v) is 10.7. The molecule has 1 fully saturated rings. The van der Waals surface area contributed by atoms with Crippen LogP contribution in [0.3, 0.4) is 0 Å². The molecule has 0 spiro atoms. The van der Waals surface area contributed by atoms with Crippen LogP contribution in [0.4, 0.5) is 17.6 Å². The van der Waals surface area contributed by atoms with E-state index in [0.29, 0.717) is 11.7 Å². The number of aliphatic carboxylic acids is 1. The zero-order chi connectivity index (χ0) is 24.7. The molecule has 1 saturated heterocycles. The maximum absolute atomic E-state index is 14.6. The van der Waals surface area contributed by atoms with Crippen LogP contribution >= 0.6 is 0 Å². The molecule has 1 aliphatic heterocycles. The van der Waals surface area contributed by atoms with Crippen LogP contribution in [0.1, 0.15) is 29.7 Å². The van der Waals surface area contributed by atoms with Crippen molar-refractivity contribution in [3.8, 4) is 5.69 Å². The van der Waals surface area contributed by atoms with Gasteiger partial charge in [-0.1, -0.05) is 37.3 Å². The Bertz CT molecular complexity index is 1070. The molecular formula is C23H25F4N5O2. The monoisotopic (exact) mass is 479 g/mol. The largest absolute Gasteiger partial charge is 0.490 e. The van der Waals surface area contributed by atoms with Crippen molar-refractivity contribution in [2.45, 2.75) is 32.1 Å². The van der Waals surface area contributed by atoms with E-state index in [-0.39, 0.29) is 5.82 Å². The number of benzene rings is 2. The van der Waals surface area contributed by atoms with Crippen molar-refractivity contribution in [2.75, 3.05) is 19.6 Å². The highest BCUT2D eigenvalue weighted by molar-refractivity contribution is 5.73. The standard InChI is InChI=1S/C21H24FN5.C2HF3O2/c1-2-16-3-6-18(7-4-16)21-12-23-9-10-26(21)13-17-5-8-20(19(22)11-17)27-15-24-14-25-27;3-2(4,5)1(6)7/h3-8,11,14-15,21,23H,2,9-10,12-13H2,1H3;(H,6,7). The van der Waals surface area contributed by atoms with E-state index < -0.39 is 12.1 Å². The summed E-state index contributed by atoms with van der Waals surface area (Å²) < 4.78 is 47.7. The summed E-state index contributed by atoms with van der Waals surface area (Å²) >= 11 is 0. The molecule has 3 aromatic rings. The van der Waals surface area contributed by atoms with Gasteiger partial charge in [0.05, 0.1) is 0 Å². The first kappa shape index (κ1) is 25.3. The van der Waals surface area contributed by atoms with Crippen LogP contribution in [-0.2, 0) is 17.8 Å². The third-order valence-electron chi connectivity index (χ3n) is 5.43. The molecule has 1 atom stereocenters. The summed E-state index contributed by atoms with van der Waals surface area (Å²) in [6, 6.07) is 14.5. The molecule has 2 aromatic carbocycles. The molecule has 34 heavy (non-hydrogen) atoms. The van der Waals surface area contributed by atoms with Crippen LogP contribution in [0.15, 0.2) is 55.1 Å². The number of aryl methyl sites for hydroxylation is 1. The maximum atomic E-state index is 14.6. The molecule has 0 amide bonds. The van der Waals surface area contributed by atoms with E-state index in [9.17, 15) is 17.6 Å². The predicted octanol–water partition coefficient (Wildman–Crippen LogP) is 3.75. The van der Waals surface area contributed by atoms with Crippen molar-refractivity contribution in [3.63, 3.8) is 0 Å². The maximum Gasteiger partial charge on any atom is 0.490 e. The lowest BCUT2D eigenvalue weighted by Gasteiger charge is -2.36. The fraction of sp³-hybridized carbons (Fsp3) is 0.348. The molecule has 7 nitrogen and oxygen atoms in total. The van der Waals surface area contributed by atoms with E-state index >= 15 is 0 Å². The van der Waals surface area contributed by atoms with Crippen LogP contribution in [0.25, 0.3) is 5.69 Å². The van der Waals surface area contributed by atoms with E-state index in [1.165, 1.54) is 28.5 Å². The SMILES string of the molecule is CCc1ccc(C2CNCCN2Cc2ccc(-n3cncn3)c(F)c2)cc1.O=C(O)C(F)(F)F. The van der Waals surface area contributed by atoms with Gasteiger partial charge in [0.25, 0.3) is 0 Å². The zero-order valence-electron chi connectivity index (χ0n) is 18.5. The Labute approximate surface area is 194 Å². The van der Waals surface area contributed by atoms with Crippen LogP contribution in [0.2, 0.25) is 0 Å². The molecule has 2 N–H and O–H groups in total. The number of alkyl halides is 3. The number of carboxylic acid groups (broad SMARTS) is 1. The first-order valence-electron chi connectivity index (χ1n) is 10.7. The van der Waals surface area contributed by atoms with E-state index in [1.807, 2.05) is 6.07 Å². The van der Waals surface area contributed by atoms with Crippen molar-refractivity contribution >= 4 is 5.97 Å². The molecule has 182 valence electrons. The molecule has 1 aliphatic rings. The van der Waals surface area contributed by atoms with Crippen LogP contribution in [0.5, 0.6) is 0 Å². The fourth-order valence-corrected chi connectivity index (χ4v) is 3.64. The van der Waals surface area contributed by atoms with Crippen molar-refractivity contribution < 1.29 is 27.5 Å². The van der Waals surface area contributed by atoms with Gasteiger partial charge in [0.1, 0.15) is 24.2 Å². The number of aromatic nitrogens is 3. The summed E-state index contributed by atoms with van der Waals surface area (Å²) in [5.41, 5.74) is 4.04. The van der Waals surface area contributed by atoms with Gasteiger partial charge in [-0.3, -0.25) is 4.90 Å². The molecule has 1 aromatic heterocycles. The molecule has 11 heteroatoms. The highest BCUT2D eigenvalue weighted by Crippen LogP contribution is 2.25. The summed E-state index contributed by atoms with van der Waals surface area (Å²) in [6.45, 7) is 5.68. The van der Waals surface area contributed by atoms with Gasteiger partial charge in [0, 0.05) is 32.2 Å². The van der Waals surface area contributed by atoms with Gasteiger partial charge < -0.3 is 10.4 Å². The Kier molecular flexibility index (Phi) is 8.35. The van der Waals surface area contributed by atoms with E-state index in [4.69, 9.17) is 9.90 Å². The molecule has 2 heterocycles. The number of hydrogen-bond donors (Lipinski definition) is 2. The van der Waals surface area contributed by atoms with E-state index in [0.717, 1.165) is 38.2 Å². The molecule has 1 unspecified atom stereocenters. The summed E-state index contributed by atoms with van der Waals surface area (Å²) in [7, 11) is 0. The Balaban J connectivity index is 0.000000406. The third-order valence-corrected chi connectivity index (χ3v) is 5.43. The summed E-state index contributed by atoms with van der Waals surface area (Å²) in [5, 5.41) is 14.6. The second-order valence-electron chi connectivity index (χ2n) is 7.71. The Morgan fingerprint density at radius 1 is 1.18 bits per heavy atom. The van der Waals surface area contributed by atoms with Gasteiger partial charge >= 0.3 is 12.1 Å². The molecule has 0 radical (unpaired) electrons. The molecule has 4 rings (SSSR count). The van der Waals surface area contributed by atoms with Gasteiger partial charge in [0.2, 0.25) is 0 Å². The van der Waals surface area contributed by atoms with Crippen LogP contribution < -0.4 is 5.32 Å². The fourth-order valence-electron chi connectivity index (χ4n) is 3.64. The second kappa shape index (κ2) is 11.2. The number of nitrogens with zero attached hydrogens (tertiary/aromatic N) is 4. The van der Waals surface area contributed by atoms with Gasteiger partial charge in [-0.2, -0.15) is 18.3 Å².